The number of nitrogens with one attached hydrogen (secondary N) is 2. The highest BCUT2D eigenvalue weighted by atomic mass is 79.9. The summed E-state index contributed by atoms with van der Waals surface area (Å²) in [4.78, 5) is 11.8. The molecular formula is C14H20BrFN2O2. The number of anilines is 1. The van der Waals surface area contributed by atoms with Gasteiger partial charge in [-0.15, -0.1) is 0 Å². The summed E-state index contributed by atoms with van der Waals surface area (Å²) in [6.07, 6.45) is 2.62. The molecule has 6 heteroatoms. The van der Waals surface area contributed by atoms with Crippen LogP contribution >= 0.6 is 15.9 Å². The van der Waals surface area contributed by atoms with Gasteiger partial charge < -0.3 is 15.7 Å². The number of aliphatic hydroxyl groups excluding tert-OH is 1. The molecule has 0 aliphatic carbocycles. The average Bonchev–Trinajstić information content (AvgIpc) is 2.41. The smallest absolute Gasteiger partial charge is 0.319 e. The van der Waals surface area contributed by atoms with Gasteiger partial charge >= 0.3 is 6.03 Å². The molecule has 0 radical (unpaired) electrons. The summed E-state index contributed by atoms with van der Waals surface area (Å²) in [7, 11) is 0. The molecule has 1 aromatic rings. The SMILES string of the molecule is CCCC(CCO)CNC(=O)Nc1cc(F)ccc1Br. The number of amides is 2. The summed E-state index contributed by atoms with van der Waals surface area (Å²) in [6.45, 7) is 2.67. The Morgan fingerprint density at radius 3 is 2.85 bits per heavy atom. The highest BCUT2D eigenvalue weighted by molar-refractivity contribution is 9.10. The molecule has 0 bridgehead atoms. The summed E-state index contributed by atoms with van der Waals surface area (Å²) < 4.78 is 13.7. The molecule has 0 spiro atoms. The second-order valence-electron chi connectivity index (χ2n) is 4.63. The van der Waals surface area contributed by atoms with Crippen LogP contribution in [0.15, 0.2) is 22.7 Å². The largest absolute Gasteiger partial charge is 0.396 e. The Morgan fingerprint density at radius 2 is 2.20 bits per heavy atom. The molecule has 0 saturated heterocycles. The van der Waals surface area contributed by atoms with E-state index < -0.39 is 5.82 Å². The first-order valence-corrected chi connectivity index (χ1v) is 7.46. The summed E-state index contributed by atoms with van der Waals surface area (Å²) in [5.41, 5.74) is 0.386. The highest BCUT2D eigenvalue weighted by Gasteiger charge is 2.10. The van der Waals surface area contributed by atoms with Crippen LogP contribution in [0.5, 0.6) is 0 Å². The lowest BCUT2D eigenvalue weighted by molar-refractivity contribution is 0.236. The van der Waals surface area contributed by atoms with Crippen molar-refractivity contribution in [3.63, 3.8) is 0 Å². The van der Waals surface area contributed by atoms with Gasteiger partial charge in [-0.05, 0) is 52.9 Å². The molecule has 0 aromatic heterocycles. The first kappa shape index (κ1) is 16.9. The van der Waals surface area contributed by atoms with Gasteiger partial charge in [0.1, 0.15) is 5.82 Å². The summed E-state index contributed by atoms with van der Waals surface area (Å²) in [5, 5.41) is 14.3. The maximum absolute atomic E-state index is 13.1. The van der Waals surface area contributed by atoms with Gasteiger partial charge in [0.15, 0.2) is 0 Å². The number of halogens is 2. The van der Waals surface area contributed by atoms with Gasteiger partial charge in [0.25, 0.3) is 0 Å². The van der Waals surface area contributed by atoms with E-state index in [-0.39, 0.29) is 18.6 Å². The molecule has 4 nitrogen and oxygen atoms in total. The molecule has 1 aromatic carbocycles. The van der Waals surface area contributed by atoms with Crippen molar-refractivity contribution in [2.75, 3.05) is 18.5 Å². The van der Waals surface area contributed by atoms with Crippen molar-refractivity contribution >= 4 is 27.6 Å². The van der Waals surface area contributed by atoms with Crippen LogP contribution < -0.4 is 10.6 Å². The lowest BCUT2D eigenvalue weighted by Crippen LogP contribution is -2.33. The molecule has 0 fully saturated rings. The van der Waals surface area contributed by atoms with Crippen LogP contribution in [-0.4, -0.2) is 24.3 Å². The predicted molar refractivity (Wildman–Crippen MR) is 81.2 cm³/mol. The van der Waals surface area contributed by atoms with E-state index in [1.54, 1.807) is 0 Å². The Kier molecular flexibility index (Phi) is 7.54. The number of hydrogen-bond donors (Lipinski definition) is 3. The second-order valence-corrected chi connectivity index (χ2v) is 5.48. The van der Waals surface area contributed by atoms with Crippen molar-refractivity contribution in [3.8, 4) is 0 Å². The molecule has 0 saturated carbocycles. The Morgan fingerprint density at radius 1 is 1.45 bits per heavy atom. The summed E-state index contributed by atoms with van der Waals surface area (Å²) >= 11 is 3.25. The molecule has 112 valence electrons. The molecule has 1 rings (SSSR count). The van der Waals surface area contributed by atoms with Crippen molar-refractivity contribution in [1.82, 2.24) is 5.32 Å². The third-order valence-electron chi connectivity index (χ3n) is 2.96. The number of carbonyl (C=O) groups is 1. The molecule has 2 amide bonds. The number of rotatable bonds is 7. The fraction of sp³-hybridized carbons (Fsp3) is 0.500. The third kappa shape index (κ3) is 5.88. The number of benzene rings is 1. The van der Waals surface area contributed by atoms with Crippen LogP contribution in [0.25, 0.3) is 0 Å². The van der Waals surface area contributed by atoms with Gasteiger partial charge in [-0.3, -0.25) is 0 Å². The molecule has 1 unspecified atom stereocenters. The van der Waals surface area contributed by atoms with E-state index in [1.165, 1.54) is 18.2 Å². The van der Waals surface area contributed by atoms with Gasteiger partial charge in [0.05, 0.1) is 5.69 Å². The van der Waals surface area contributed by atoms with Crippen LogP contribution in [-0.2, 0) is 0 Å². The molecule has 1 atom stereocenters. The van der Waals surface area contributed by atoms with Crippen LogP contribution in [0.3, 0.4) is 0 Å². The van der Waals surface area contributed by atoms with Crippen molar-refractivity contribution in [1.29, 1.82) is 0 Å². The zero-order valence-corrected chi connectivity index (χ0v) is 13.0. The van der Waals surface area contributed by atoms with E-state index in [9.17, 15) is 9.18 Å². The Hall–Kier alpha value is -1.14. The van der Waals surface area contributed by atoms with Crippen molar-refractivity contribution in [2.24, 2.45) is 5.92 Å². The summed E-state index contributed by atoms with van der Waals surface area (Å²) in [6, 6.07) is 3.72. The second kappa shape index (κ2) is 8.92. The fourth-order valence-electron chi connectivity index (χ4n) is 1.94. The Labute approximate surface area is 126 Å². The third-order valence-corrected chi connectivity index (χ3v) is 3.65. The van der Waals surface area contributed by atoms with E-state index in [2.05, 4.69) is 33.5 Å². The van der Waals surface area contributed by atoms with Crippen molar-refractivity contribution < 1.29 is 14.3 Å². The van der Waals surface area contributed by atoms with Gasteiger partial charge in [-0.25, -0.2) is 9.18 Å². The quantitative estimate of drug-likeness (QED) is 0.707. The monoisotopic (exact) mass is 346 g/mol. The van der Waals surface area contributed by atoms with E-state index in [1.807, 2.05) is 0 Å². The lowest BCUT2D eigenvalue weighted by Gasteiger charge is -2.16. The maximum Gasteiger partial charge on any atom is 0.319 e. The van der Waals surface area contributed by atoms with Crippen molar-refractivity contribution in [2.45, 2.75) is 26.2 Å². The standard InChI is InChI=1S/C14H20BrFN2O2/c1-2-3-10(6-7-19)9-17-14(20)18-13-8-11(16)4-5-12(13)15/h4-5,8,10,19H,2-3,6-7,9H2,1H3,(H2,17,18,20). The zero-order chi connectivity index (χ0) is 15.0. The van der Waals surface area contributed by atoms with Crippen LogP contribution in [0.1, 0.15) is 26.2 Å². The predicted octanol–water partition coefficient (Wildman–Crippen LogP) is 3.51. The van der Waals surface area contributed by atoms with E-state index >= 15 is 0 Å². The lowest BCUT2D eigenvalue weighted by atomic mass is 10.0. The minimum absolute atomic E-state index is 0.114. The van der Waals surface area contributed by atoms with Crippen LogP contribution in [0, 0.1) is 11.7 Å². The van der Waals surface area contributed by atoms with Gasteiger partial charge in [0, 0.05) is 17.6 Å². The number of aliphatic hydroxyl groups is 1. The minimum Gasteiger partial charge on any atom is -0.396 e. The zero-order valence-electron chi connectivity index (χ0n) is 11.5. The van der Waals surface area contributed by atoms with Gasteiger partial charge in [-0.2, -0.15) is 0 Å². The van der Waals surface area contributed by atoms with Crippen molar-refractivity contribution in [3.05, 3.63) is 28.5 Å². The van der Waals surface area contributed by atoms with E-state index in [0.717, 1.165) is 12.8 Å². The Balaban J connectivity index is 2.48. The van der Waals surface area contributed by atoms with Crippen LogP contribution in [0.2, 0.25) is 0 Å². The first-order valence-electron chi connectivity index (χ1n) is 6.67. The molecule has 3 N–H and O–H groups in total. The minimum atomic E-state index is -0.410. The van der Waals surface area contributed by atoms with E-state index in [4.69, 9.17) is 5.11 Å². The summed E-state index contributed by atoms with van der Waals surface area (Å²) in [5.74, 6) is -0.153. The molecular weight excluding hydrogens is 327 g/mol. The molecule has 0 aliphatic rings. The van der Waals surface area contributed by atoms with Crippen LogP contribution in [0.4, 0.5) is 14.9 Å². The number of urea groups is 1. The van der Waals surface area contributed by atoms with Gasteiger partial charge in [0.2, 0.25) is 0 Å². The number of carbonyl (C=O) groups excluding carboxylic acids is 1. The number of hydrogen-bond acceptors (Lipinski definition) is 2. The molecule has 20 heavy (non-hydrogen) atoms. The van der Waals surface area contributed by atoms with E-state index in [0.29, 0.717) is 23.1 Å². The average molecular weight is 347 g/mol. The fourth-order valence-corrected chi connectivity index (χ4v) is 2.28. The highest BCUT2D eigenvalue weighted by Crippen LogP contribution is 2.22. The Bertz CT molecular complexity index is 437. The maximum atomic E-state index is 13.1. The normalized spacial score (nSPS) is 12.0. The molecule has 0 aliphatic heterocycles. The first-order chi connectivity index (χ1) is 9.56. The molecule has 0 heterocycles. The topological polar surface area (TPSA) is 61.4 Å². The van der Waals surface area contributed by atoms with Gasteiger partial charge in [-0.1, -0.05) is 13.3 Å².